The summed E-state index contributed by atoms with van der Waals surface area (Å²) < 4.78 is 49.6. The Labute approximate surface area is 207 Å². The molecule has 2 N–H and O–H groups in total. The average molecular weight is 528 g/mol. The van der Waals surface area contributed by atoms with E-state index in [4.69, 9.17) is 36.3 Å². The van der Waals surface area contributed by atoms with Crippen molar-refractivity contribution >= 4 is 51.1 Å². The summed E-state index contributed by atoms with van der Waals surface area (Å²) >= 11 is 7.32. The molecule has 0 fully saturated rings. The molecule has 0 saturated heterocycles. The third-order valence-electron chi connectivity index (χ3n) is 4.46. The van der Waals surface area contributed by atoms with Gasteiger partial charge in [-0.2, -0.15) is 0 Å². The molecule has 1 unspecified atom stereocenters. The van der Waals surface area contributed by atoms with Gasteiger partial charge in [-0.05, 0) is 38.1 Å². The minimum absolute atomic E-state index is 0.0235. The van der Waals surface area contributed by atoms with E-state index in [1.54, 1.807) is 32.0 Å². The molecule has 1 atom stereocenters. The van der Waals surface area contributed by atoms with Gasteiger partial charge in [0.05, 0.1) is 6.10 Å². The largest absolute Gasteiger partial charge is 0.511 e. The zero-order valence-electron chi connectivity index (χ0n) is 18.7. The lowest BCUT2D eigenvalue weighted by Gasteiger charge is -2.15. The van der Waals surface area contributed by atoms with Crippen molar-refractivity contribution in [3.05, 3.63) is 63.0 Å². The van der Waals surface area contributed by atoms with Crippen molar-refractivity contribution in [3.8, 4) is 5.75 Å². The maximum atomic E-state index is 14.4. The molecule has 0 aliphatic rings. The Morgan fingerprint density at radius 3 is 2.31 bits per heavy atom. The third-order valence-corrected chi connectivity index (χ3v) is 5.95. The molecule has 186 valence electrons. The summed E-state index contributed by atoms with van der Waals surface area (Å²) in [5.41, 5.74) is 4.90. The van der Waals surface area contributed by atoms with Crippen LogP contribution in [0, 0.1) is 11.6 Å². The van der Waals surface area contributed by atoms with Crippen molar-refractivity contribution in [1.82, 2.24) is 0 Å². The van der Waals surface area contributed by atoms with Gasteiger partial charge in [-0.3, -0.25) is 4.79 Å². The lowest BCUT2D eigenvalue weighted by Crippen LogP contribution is -2.24. The van der Waals surface area contributed by atoms with Crippen LogP contribution in [0.25, 0.3) is 10.1 Å². The third kappa shape index (κ3) is 6.17. The van der Waals surface area contributed by atoms with Crippen LogP contribution < -0.4 is 10.5 Å². The number of fused-ring (bicyclic) bond motifs is 1. The molecule has 1 heterocycles. The Hall–Kier alpha value is -3.44. The highest BCUT2D eigenvalue weighted by atomic mass is 35.5. The van der Waals surface area contributed by atoms with Gasteiger partial charge in [-0.25, -0.2) is 18.4 Å². The maximum absolute atomic E-state index is 14.4. The number of halogens is 3. The summed E-state index contributed by atoms with van der Waals surface area (Å²) in [7, 11) is 0. The van der Waals surface area contributed by atoms with Crippen molar-refractivity contribution in [1.29, 1.82) is 0 Å². The molecule has 8 nitrogen and oxygen atoms in total. The number of ether oxygens (including phenoxy) is 4. The molecule has 0 spiro atoms. The van der Waals surface area contributed by atoms with E-state index >= 15 is 0 Å². The van der Waals surface area contributed by atoms with Gasteiger partial charge in [0, 0.05) is 33.2 Å². The minimum Gasteiger partial charge on any atom is -0.483 e. The van der Waals surface area contributed by atoms with E-state index < -0.39 is 54.4 Å². The first kappa shape index (κ1) is 26.2. The smallest absolute Gasteiger partial charge is 0.483 e. The summed E-state index contributed by atoms with van der Waals surface area (Å²) in [4.78, 5) is 35.8. The molecule has 1 amide bonds. The number of thiophene rings is 1. The first-order valence-electron chi connectivity index (χ1n) is 10.2. The van der Waals surface area contributed by atoms with Crippen LogP contribution in [-0.2, 0) is 20.8 Å². The lowest BCUT2D eigenvalue weighted by atomic mass is 10.1. The average Bonchev–Trinajstić information content (AvgIpc) is 3.12. The summed E-state index contributed by atoms with van der Waals surface area (Å²) in [5, 5.41) is 0.694. The Morgan fingerprint density at radius 2 is 1.71 bits per heavy atom. The van der Waals surface area contributed by atoms with Gasteiger partial charge in [0.15, 0.2) is 17.4 Å². The number of carbonyl (C=O) groups is 3. The Bertz CT molecular complexity index is 1270. The summed E-state index contributed by atoms with van der Waals surface area (Å²) in [6.45, 7) is 4.10. The first-order chi connectivity index (χ1) is 16.5. The second-order valence-corrected chi connectivity index (χ2v) is 8.91. The van der Waals surface area contributed by atoms with E-state index in [1.165, 1.54) is 6.92 Å². The maximum Gasteiger partial charge on any atom is 0.511 e. The highest BCUT2D eigenvalue weighted by Gasteiger charge is 2.26. The van der Waals surface area contributed by atoms with Crippen LogP contribution in [0.3, 0.4) is 0 Å². The molecular formula is C23H20ClF2NO7S. The van der Waals surface area contributed by atoms with Crippen LogP contribution in [0.15, 0.2) is 30.3 Å². The first-order valence-corrected chi connectivity index (χ1v) is 11.4. The number of esters is 1. The van der Waals surface area contributed by atoms with Crippen LogP contribution >= 0.6 is 22.9 Å². The molecule has 0 saturated carbocycles. The van der Waals surface area contributed by atoms with E-state index in [0.717, 1.165) is 23.5 Å². The van der Waals surface area contributed by atoms with Crippen LogP contribution in [-0.4, -0.2) is 30.4 Å². The van der Waals surface area contributed by atoms with Crippen molar-refractivity contribution in [2.45, 2.75) is 39.8 Å². The lowest BCUT2D eigenvalue weighted by molar-refractivity contribution is -0.0864. The molecule has 2 aromatic carbocycles. The quantitative estimate of drug-likeness (QED) is 0.300. The van der Waals surface area contributed by atoms with Gasteiger partial charge < -0.3 is 24.7 Å². The molecule has 12 heteroatoms. The van der Waals surface area contributed by atoms with Crippen molar-refractivity contribution in [2.24, 2.45) is 5.73 Å². The van der Waals surface area contributed by atoms with Crippen molar-refractivity contribution in [3.63, 3.8) is 0 Å². The number of rotatable bonds is 8. The Kier molecular flexibility index (Phi) is 8.13. The number of hydrogen-bond acceptors (Lipinski definition) is 8. The topological polar surface area (TPSA) is 114 Å². The number of carbonyl (C=O) groups excluding carboxylic acids is 3. The second kappa shape index (κ2) is 10.9. The van der Waals surface area contributed by atoms with Crippen LogP contribution in [0.5, 0.6) is 5.75 Å². The molecule has 0 aliphatic heterocycles. The fraction of sp³-hybridized carbons (Fsp3) is 0.261. The molecular weight excluding hydrogens is 508 g/mol. The second-order valence-electron chi connectivity index (χ2n) is 7.45. The van der Waals surface area contributed by atoms with Crippen molar-refractivity contribution < 1.29 is 42.1 Å². The predicted molar refractivity (Wildman–Crippen MR) is 124 cm³/mol. The summed E-state index contributed by atoms with van der Waals surface area (Å²) in [6.07, 6.45) is -2.75. The molecule has 0 bridgehead atoms. The summed E-state index contributed by atoms with van der Waals surface area (Å²) in [5.74, 6) is -4.97. The number of nitrogens with two attached hydrogens (primary N) is 1. The normalized spacial score (nSPS) is 11.9. The molecule has 1 aromatic heterocycles. The SMILES string of the molecule is CC(C)OC(=O)OC(C)OC(=O)c1sc2cccc(Cl)c2c1COc1c(F)cc(C(N)=O)cc1F. The van der Waals surface area contributed by atoms with Gasteiger partial charge >= 0.3 is 12.1 Å². The number of amides is 1. The molecule has 0 radical (unpaired) electrons. The van der Waals surface area contributed by atoms with Crippen molar-refractivity contribution in [2.75, 3.05) is 0 Å². The van der Waals surface area contributed by atoms with Crippen LogP contribution in [0.2, 0.25) is 5.02 Å². The van der Waals surface area contributed by atoms with E-state index in [2.05, 4.69) is 0 Å². The van der Waals surface area contributed by atoms with E-state index in [-0.39, 0.29) is 21.0 Å². The highest BCUT2D eigenvalue weighted by Crippen LogP contribution is 2.38. The monoisotopic (exact) mass is 527 g/mol. The standard InChI is InChI=1S/C23H20ClF2NO7S/c1-10(2)32-23(30)34-11(3)33-22(29)20-13(18-14(24)5-4-6-17(18)35-20)9-31-19-15(25)7-12(21(27)28)8-16(19)26/h4-8,10-11H,9H2,1-3H3,(H2,27,28). The van der Waals surface area contributed by atoms with Gasteiger partial charge in [-0.1, -0.05) is 17.7 Å². The zero-order chi connectivity index (χ0) is 25.9. The predicted octanol–water partition coefficient (Wildman–Crippen LogP) is 5.58. The van der Waals surface area contributed by atoms with Crippen LogP contribution in [0.4, 0.5) is 13.6 Å². The van der Waals surface area contributed by atoms with Crippen LogP contribution in [0.1, 0.15) is 46.4 Å². The van der Waals surface area contributed by atoms with Gasteiger partial charge in [0.25, 0.3) is 0 Å². The highest BCUT2D eigenvalue weighted by molar-refractivity contribution is 7.21. The van der Waals surface area contributed by atoms with Gasteiger partial charge in [0.1, 0.15) is 11.5 Å². The molecule has 3 rings (SSSR count). The van der Waals surface area contributed by atoms with Gasteiger partial charge in [0.2, 0.25) is 12.2 Å². The number of benzene rings is 2. The summed E-state index contributed by atoms with van der Waals surface area (Å²) in [6, 6.07) is 6.41. The fourth-order valence-electron chi connectivity index (χ4n) is 3.04. The van der Waals surface area contributed by atoms with Gasteiger partial charge in [-0.15, -0.1) is 11.3 Å². The Morgan fingerprint density at radius 1 is 1.06 bits per heavy atom. The van der Waals surface area contributed by atoms with E-state index in [9.17, 15) is 23.2 Å². The molecule has 35 heavy (non-hydrogen) atoms. The fourth-order valence-corrected chi connectivity index (χ4v) is 4.50. The number of hydrogen-bond donors (Lipinski definition) is 1. The Balaban J connectivity index is 1.89. The van der Waals surface area contributed by atoms with E-state index in [0.29, 0.717) is 10.1 Å². The molecule has 0 aliphatic carbocycles. The minimum atomic E-state index is -1.29. The number of primary amides is 1. The van der Waals surface area contributed by atoms with E-state index in [1.807, 2.05) is 0 Å². The molecule has 3 aromatic rings. The zero-order valence-corrected chi connectivity index (χ0v) is 20.3.